The quantitative estimate of drug-likeness (QED) is 0.464. The molecule has 3 rings (SSSR count). The van der Waals surface area contributed by atoms with Crippen LogP contribution in [0.1, 0.15) is 41.9 Å². The van der Waals surface area contributed by atoms with E-state index in [4.69, 9.17) is 20.8 Å². The molecule has 0 aliphatic carbocycles. The van der Waals surface area contributed by atoms with Crippen LogP contribution in [-0.2, 0) is 24.3 Å². The molecule has 0 saturated heterocycles. The van der Waals surface area contributed by atoms with E-state index in [0.29, 0.717) is 40.9 Å². The predicted molar refractivity (Wildman–Crippen MR) is 105 cm³/mol. The van der Waals surface area contributed by atoms with Crippen molar-refractivity contribution in [2.75, 3.05) is 0 Å². The number of halogens is 1. The zero-order chi connectivity index (χ0) is 20.3. The van der Waals surface area contributed by atoms with E-state index in [1.807, 2.05) is 13.8 Å². The van der Waals surface area contributed by atoms with Gasteiger partial charge < -0.3 is 9.15 Å². The largest absolute Gasteiger partial charge is 0.456 e. The molecule has 0 N–H and O–H groups in total. The van der Waals surface area contributed by atoms with E-state index in [0.717, 1.165) is 5.56 Å². The average molecular weight is 403 g/mol. The van der Waals surface area contributed by atoms with Gasteiger partial charge in [0.2, 0.25) is 0 Å². The molecule has 0 spiro atoms. The predicted octanol–water partition coefficient (Wildman–Crippen LogP) is 3.33. The standard InChI is InChI=1S/C20H19ClN2O5/c1-3-7-23-18(24)6-5-16(22-23)20(26)27-11-13-9-19(25)28-17-8-12(4-2)15(21)10-14(13)17/h5-6,8-10H,3-4,7,11H2,1-2H3. The Morgan fingerprint density at radius 2 is 1.96 bits per heavy atom. The van der Waals surface area contributed by atoms with Gasteiger partial charge >= 0.3 is 11.6 Å². The zero-order valence-electron chi connectivity index (χ0n) is 15.5. The molecule has 0 aliphatic heterocycles. The minimum Gasteiger partial charge on any atom is -0.456 e. The average Bonchev–Trinajstić information content (AvgIpc) is 2.67. The van der Waals surface area contributed by atoms with Gasteiger partial charge in [0.15, 0.2) is 5.69 Å². The molecular formula is C20H19ClN2O5. The van der Waals surface area contributed by atoms with Crippen LogP contribution >= 0.6 is 11.6 Å². The summed E-state index contributed by atoms with van der Waals surface area (Å²) in [5, 5.41) is 5.16. The van der Waals surface area contributed by atoms with E-state index in [2.05, 4.69) is 5.10 Å². The number of benzene rings is 1. The Morgan fingerprint density at radius 3 is 2.68 bits per heavy atom. The lowest BCUT2D eigenvalue weighted by Gasteiger charge is -2.10. The molecule has 28 heavy (non-hydrogen) atoms. The van der Waals surface area contributed by atoms with Crippen LogP contribution < -0.4 is 11.2 Å². The van der Waals surface area contributed by atoms with E-state index in [1.54, 1.807) is 12.1 Å². The van der Waals surface area contributed by atoms with Crippen molar-refractivity contribution in [1.82, 2.24) is 9.78 Å². The second-order valence-corrected chi connectivity index (χ2v) is 6.65. The molecule has 0 amide bonds. The fourth-order valence-electron chi connectivity index (χ4n) is 2.83. The number of carbonyl (C=O) groups is 1. The van der Waals surface area contributed by atoms with E-state index in [-0.39, 0.29) is 17.9 Å². The Bertz CT molecular complexity index is 1150. The summed E-state index contributed by atoms with van der Waals surface area (Å²) >= 11 is 6.27. The molecule has 0 radical (unpaired) electrons. The van der Waals surface area contributed by atoms with Gasteiger partial charge in [-0.25, -0.2) is 14.3 Å². The summed E-state index contributed by atoms with van der Waals surface area (Å²) in [6.07, 6.45) is 1.40. The van der Waals surface area contributed by atoms with Crippen molar-refractivity contribution >= 4 is 28.5 Å². The highest BCUT2D eigenvalue weighted by molar-refractivity contribution is 6.32. The van der Waals surface area contributed by atoms with Crippen molar-refractivity contribution in [3.63, 3.8) is 0 Å². The molecule has 3 aromatic rings. The summed E-state index contributed by atoms with van der Waals surface area (Å²) in [7, 11) is 0. The van der Waals surface area contributed by atoms with Gasteiger partial charge in [-0.15, -0.1) is 0 Å². The summed E-state index contributed by atoms with van der Waals surface area (Å²) < 4.78 is 11.8. The van der Waals surface area contributed by atoms with Crippen LogP contribution in [0.15, 0.2) is 44.3 Å². The van der Waals surface area contributed by atoms with Gasteiger partial charge in [-0.05, 0) is 36.6 Å². The number of carbonyl (C=O) groups excluding carboxylic acids is 1. The second kappa shape index (κ2) is 8.39. The highest BCUT2D eigenvalue weighted by Gasteiger charge is 2.14. The van der Waals surface area contributed by atoms with Crippen LogP contribution in [0.4, 0.5) is 0 Å². The fraction of sp³-hybridized carbons (Fsp3) is 0.300. The van der Waals surface area contributed by atoms with Crippen LogP contribution in [0, 0.1) is 0 Å². The summed E-state index contributed by atoms with van der Waals surface area (Å²) in [5.74, 6) is -0.692. The first kappa shape index (κ1) is 19.8. The van der Waals surface area contributed by atoms with Crippen molar-refractivity contribution in [3.05, 3.63) is 72.9 Å². The highest BCUT2D eigenvalue weighted by Crippen LogP contribution is 2.26. The van der Waals surface area contributed by atoms with Crippen molar-refractivity contribution in [2.45, 2.75) is 39.8 Å². The lowest BCUT2D eigenvalue weighted by molar-refractivity contribution is 0.0463. The van der Waals surface area contributed by atoms with Crippen LogP contribution in [-0.4, -0.2) is 15.7 Å². The minimum atomic E-state index is -0.692. The molecule has 8 heteroatoms. The van der Waals surface area contributed by atoms with Gasteiger partial charge in [0, 0.05) is 34.6 Å². The molecular weight excluding hydrogens is 384 g/mol. The van der Waals surface area contributed by atoms with Crippen molar-refractivity contribution in [2.24, 2.45) is 0 Å². The number of hydrogen-bond acceptors (Lipinski definition) is 6. The number of ether oxygens (including phenoxy) is 1. The minimum absolute atomic E-state index is 0.0200. The van der Waals surface area contributed by atoms with Gasteiger partial charge in [-0.3, -0.25) is 4.79 Å². The van der Waals surface area contributed by atoms with Crippen LogP contribution in [0.25, 0.3) is 11.0 Å². The lowest BCUT2D eigenvalue weighted by Crippen LogP contribution is -2.24. The topological polar surface area (TPSA) is 91.4 Å². The second-order valence-electron chi connectivity index (χ2n) is 6.24. The number of nitrogens with zero attached hydrogens (tertiary/aromatic N) is 2. The normalized spacial score (nSPS) is 11.0. The van der Waals surface area contributed by atoms with E-state index in [9.17, 15) is 14.4 Å². The lowest BCUT2D eigenvalue weighted by atomic mass is 10.1. The maximum Gasteiger partial charge on any atom is 0.359 e. The molecule has 0 saturated carbocycles. The first-order valence-electron chi connectivity index (χ1n) is 8.93. The third-order valence-corrected chi connectivity index (χ3v) is 4.60. The van der Waals surface area contributed by atoms with Gasteiger partial charge in [0.25, 0.3) is 5.56 Å². The number of aryl methyl sites for hydroxylation is 2. The molecule has 1 aromatic carbocycles. The van der Waals surface area contributed by atoms with Crippen LogP contribution in [0.2, 0.25) is 5.02 Å². The molecule has 0 atom stereocenters. The third-order valence-electron chi connectivity index (χ3n) is 4.25. The number of esters is 1. The van der Waals surface area contributed by atoms with Gasteiger partial charge in [-0.1, -0.05) is 25.4 Å². The maximum atomic E-state index is 12.3. The molecule has 0 fully saturated rings. The Morgan fingerprint density at radius 1 is 1.18 bits per heavy atom. The molecule has 146 valence electrons. The highest BCUT2D eigenvalue weighted by atomic mass is 35.5. The smallest absolute Gasteiger partial charge is 0.359 e. The van der Waals surface area contributed by atoms with E-state index >= 15 is 0 Å². The maximum absolute atomic E-state index is 12.3. The number of fused-ring (bicyclic) bond motifs is 1. The number of rotatable bonds is 6. The molecule has 7 nitrogen and oxygen atoms in total. The Balaban J connectivity index is 1.88. The number of aromatic nitrogens is 2. The summed E-state index contributed by atoms with van der Waals surface area (Å²) in [6, 6.07) is 7.27. The fourth-order valence-corrected chi connectivity index (χ4v) is 3.12. The van der Waals surface area contributed by atoms with Crippen molar-refractivity contribution < 1.29 is 13.9 Å². The molecule has 2 aromatic heterocycles. The summed E-state index contributed by atoms with van der Waals surface area (Å²) in [5.41, 5.74) is 0.907. The Hall–Kier alpha value is -2.93. The van der Waals surface area contributed by atoms with Gasteiger partial charge in [0.05, 0.1) is 0 Å². The monoisotopic (exact) mass is 402 g/mol. The molecule has 0 bridgehead atoms. The Kier molecular flexibility index (Phi) is 5.94. The van der Waals surface area contributed by atoms with E-state index < -0.39 is 11.6 Å². The number of hydrogen-bond donors (Lipinski definition) is 0. The van der Waals surface area contributed by atoms with Crippen molar-refractivity contribution in [3.8, 4) is 0 Å². The van der Waals surface area contributed by atoms with Crippen LogP contribution in [0.5, 0.6) is 0 Å². The molecule has 0 aliphatic rings. The summed E-state index contributed by atoms with van der Waals surface area (Å²) in [6.45, 7) is 4.10. The van der Waals surface area contributed by atoms with Gasteiger partial charge in [0.1, 0.15) is 12.2 Å². The first-order chi connectivity index (χ1) is 13.4. The molecule has 0 unspecified atom stereocenters. The zero-order valence-corrected chi connectivity index (χ0v) is 16.3. The molecule has 2 heterocycles. The van der Waals surface area contributed by atoms with Gasteiger partial charge in [-0.2, -0.15) is 5.10 Å². The SMILES string of the molecule is CCCn1nc(C(=O)OCc2cc(=O)oc3cc(CC)c(Cl)cc23)ccc1=O. The van der Waals surface area contributed by atoms with E-state index in [1.165, 1.54) is 22.9 Å². The van der Waals surface area contributed by atoms with Crippen LogP contribution in [0.3, 0.4) is 0 Å². The third kappa shape index (κ3) is 4.14. The first-order valence-corrected chi connectivity index (χ1v) is 9.31. The Labute approximate surface area is 165 Å². The summed E-state index contributed by atoms with van der Waals surface area (Å²) in [4.78, 5) is 35.9. The van der Waals surface area contributed by atoms with Crippen molar-refractivity contribution in [1.29, 1.82) is 0 Å².